The molecule has 0 spiro atoms. The van der Waals surface area contributed by atoms with Gasteiger partial charge in [0.2, 0.25) is 11.8 Å². The minimum absolute atomic E-state index is 0.0326. The average Bonchev–Trinajstić information content (AvgIpc) is 3.11. The number of nitrogens with one attached hydrogen (secondary N) is 1. The molecule has 0 bridgehead atoms. The van der Waals surface area contributed by atoms with E-state index in [1.165, 1.54) is 0 Å². The summed E-state index contributed by atoms with van der Waals surface area (Å²) in [6.07, 6.45) is 1.33. The van der Waals surface area contributed by atoms with Gasteiger partial charge in [-0.1, -0.05) is 13.0 Å². The molecule has 1 aliphatic heterocycles. The molecule has 2 aromatic carbocycles. The van der Waals surface area contributed by atoms with Crippen molar-refractivity contribution in [2.24, 2.45) is 11.0 Å². The van der Waals surface area contributed by atoms with E-state index in [2.05, 4.69) is 27.3 Å². The van der Waals surface area contributed by atoms with Crippen molar-refractivity contribution < 1.29 is 9.21 Å². The average molecular weight is 362 g/mol. The molecule has 1 aromatic heterocycles. The van der Waals surface area contributed by atoms with Crippen LogP contribution in [0, 0.1) is 5.92 Å². The topological polar surface area (TPSA) is 70.7 Å². The highest BCUT2D eigenvalue weighted by Crippen LogP contribution is 2.28. The molecule has 3 aromatic rings. The fourth-order valence-electron chi connectivity index (χ4n) is 3.33. The van der Waals surface area contributed by atoms with E-state index in [1.54, 1.807) is 0 Å². The predicted octanol–water partition coefficient (Wildman–Crippen LogP) is 3.81. The van der Waals surface area contributed by atoms with Gasteiger partial charge in [-0.15, -0.1) is 0 Å². The van der Waals surface area contributed by atoms with Gasteiger partial charge in [-0.2, -0.15) is 5.10 Å². The number of fused-ring (bicyclic) bond motifs is 1. The number of oxazole rings is 1. The number of hydrazone groups is 1. The molecule has 1 atom stereocenters. The Bertz CT molecular complexity index is 1020. The van der Waals surface area contributed by atoms with Crippen LogP contribution in [-0.2, 0) is 4.79 Å². The van der Waals surface area contributed by atoms with Crippen molar-refractivity contribution in [1.82, 2.24) is 10.4 Å². The lowest BCUT2D eigenvalue weighted by atomic mass is 9.90. The number of amides is 1. The first-order valence-electron chi connectivity index (χ1n) is 9.10. The van der Waals surface area contributed by atoms with E-state index in [0.717, 1.165) is 34.5 Å². The third-order valence-electron chi connectivity index (χ3n) is 4.93. The van der Waals surface area contributed by atoms with Crippen molar-refractivity contribution in [2.45, 2.75) is 19.8 Å². The smallest absolute Gasteiger partial charge is 0.240 e. The molecule has 2 heterocycles. The van der Waals surface area contributed by atoms with Gasteiger partial charge in [0.25, 0.3) is 0 Å². The number of hydrogen-bond donors (Lipinski definition) is 1. The lowest BCUT2D eigenvalue weighted by Crippen LogP contribution is -2.33. The van der Waals surface area contributed by atoms with Gasteiger partial charge in [0.05, 0.1) is 5.71 Å². The Labute approximate surface area is 157 Å². The van der Waals surface area contributed by atoms with Crippen molar-refractivity contribution in [2.75, 3.05) is 19.0 Å². The zero-order chi connectivity index (χ0) is 19.0. The third kappa shape index (κ3) is 3.30. The van der Waals surface area contributed by atoms with Gasteiger partial charge in [0.1, 0.15) is 5.52 Å². The molecular weight excluding hydrogens is 340 g/mol. The summed E-state index contributed by atoms with van der Waals surface area (Å²) in [5.41, 5.74) is 8.02. The second kappa shape index (κ2) is 6.87. The molecule has 1 aliphatic rings. The van der Waals surface area contributed by atoms with Crippen LogP contribution >= 0.6 is 0 Å². The highest BCUT2D eigenvalue weighted by molar-refractivity contribution is 6.07. The van der Waals surface area contributed by atoms with Crippen LogP contribution in [0.3, 0.4) is 0 Å². The molecule has 0 fully saturated rings. The van der Waals surface area contributed by atoms with Crippen LogP contribution in [0.1, 0.15) is 25.3 Å². The minimum Gasteiger partial charge on any atom is -0.436 e. The van der Waals surface area contributed by atoms with Gasteiger partial charge in [-0.25, -0.2) is 10.4 Å². The summed E-state index contributed by atoms with van der Waals surface area (Å²) in [5.74, 6) is 0.686. The zero-order valence-electron chi connectivity index (χ0n) is 15.7. The number of anilines is 1. The maximum absolute atomic E-state index is 11.6. The van der Waals surface area contributed by atoms with E-state index in [9.17, 15) is 4.79 Å². The van der Waals surface area contributed by atoms with Crippen molar-refractivity contribution >= 4 is 28.4 Å². The highest BCUT2D eigenvalue weighted by atomic mass is 16.3. The molecule has 0 aliphatic carbocycles. The van der Waals surface area contributed by atoms with Crippen LogP contribution in [0.25, 0.3) is 22.6 Å². The summed E-state index contributed by atoms with van der Waals surface area (Å²) < 4.78 is 6.01. The Kier molecular flexibility index (Phi) is 4.39. The SMILES string of the molecule is CC[C@@H]1CC(=O)NN=C1c1ccc2nc(-c3ccc(N(C)C)cc3)oc2c1. The monoisotopic (exact) mass is 362 g/mol. The van der Waals surface area contributed by atoms with Crippen LogP contribution in [0.4, 0.5) is 5.69 Å². The molecule has 6 nitrogen and oxygen atoms in total. The van der Waals surface area contributed by atoms with E-state index in [4.69, 9.17) is 4.42 Å². The minimum atomic E-state index is -0.0326. The molecule has 1 amide bonds. The number of nitrogens with zero attached hydrogens (tertiary/aromatic N) is 3. The first kappa shape index (κ1) is 17.3. The Morgan fingerprint density at radius 2 is 1.89 bits per heavy atom. The van der Waals surface area contributed by atoms with Gasteiger partial charge in [-0.05, 0) is 42.8 Å². The second-order valence-corrected chi connectivity index (χ2v) is 6.98. The molecule has 1 N–H and O–H groups in total. The van der Waals surface area contributed by atoms with Crippen LogP contribution in [0.2, 0.25) is 0 Å². The van der Waals surface area contributed by atoms with Gasteiger partial charge < -0.3 is 9.32 Å². The van der Waals surface area contributed by atoms with Gasteiger partial charge >= 0.3 is 0 Å². The third-order valence-corrected chi connectivity index (χ3v) is 4.93. The molecule has 27 heavy (non-hydrogen) atoms. The molecule has 4 rings (SSSR count). The quantitative estimate of drug-likeness (QED) is 0.766. The predicted molar refractivity (Wildman–Crippen MR) is 107 cm³/mol. The number of hydrogen-bond acceptors (Lipinski definition) is 5. The normalized spacial score (nSPS) is 16.9. The maximum atomic E-state index is 11.6. The molecule has 138 valence electrons. The van der Waals surface area contributed by atoms with Crippen LogP contribution in [0.5, 0.6) is 0 Å². The first-order valence-corrected chi connectivity index (χ1v) is 9.10. The Morgan fingerprint density at radius 3 is 2.59 bits per heavy atom. The fraction of sp³-hybridized carbons (Fsp3) is 0.286. The summed E-state index contributed by atoms with van der Waals surface area (Å²) in [5, 5.41) is 4.28. The molecule has 0 unspecified atom stereocenters. The van der Waals surface area contributed by atoms with E-state index in [0.29, 0.717) is 17.9 Å². The summed E-state index contributed by atoms with van der Waals surface area (Å²) in [6.45, 7) is 2.07. The fourth-order valence-corrected chi connectivity index (χ4v) is 3.33. The highest BCUT2D eigenvalue weighted by Gasteiger charge is 2.24. The number of rotatable bonds is 4. The summed E-state index contributed by atoms with van der Waals surface area (Å²) in [6, 6.07) is 14.0. The number of carbonyl (C=O) groups excluding carboxylic acids is 1. The Hall–Kier alpha value is -3.15. The van der Waals surface area contributed by atoms with Gasteiger partial charge in [0, 0.05) is 43.2 Å². The first-order chi connectivity index (χ1) is 13.0. The summed E-state index contributed by atoms with van der Waals surface area (Å²) in [7, 11) is 4.02. The van der Waals surface area contributed by atoms with Crippen molar-refractivity contribution in [3.63, 3.8) is 0 Å². The van der Waals surface area contributed by atoms with Crippen LogP contribution in [0.15, 0.2) is 52.0 Å². The van der Waals surface area contributed by atoms with Crippen molar-refractivity contribution in [1.29, 1.82) is 0 Å². The van der Waals surface area contributed by atoms with E-state index in [1.807, 2.05) is 56.6 Å². The van der Waals surface area contributed by atoms with Crippen molar-refractivity contribution in [3.05, 3.63) is 48.0 Å². The Balaban J connectivity index is 1.69. The largest absolute Gasteiger partial charge is 0.436 e. The van der Waals surface area contributed by atoms with Gasteiger partial charge in [0.15, 0.2) is 5.58 Å². The molecule has 0 saturated heterocycles. The standard InChI is InChI=1S/C21H22N4O2/c1-4-13-12-19(26)23-24-20(13)15-7-10-17-18(11-15)27-21(22-17)14-5-8-16(9-6-14)25(2)3/h5-11,13H,4,12H2,1-3H3,(H,23,26)/t13-/m1/s1. The number of aromatic nitrogens is 1. The summed E-state index contributed by atoms with van der Waals surface area (Å²) in [4.78, 5) is 18.3. The van der Waals surface area contributed by atoms with E-state index >= 15 is 0 Å². The maximum Gasteiger partial charge on any atom is 0.240 e. The van der Waals surface area contributed by atoms with Crippen molar-refractivity contribution in [3.8, 4) is 11.5 Å². The Morgan fingerprint density at radius 1 is 1.15 bits per heavy atom. The lowest BCUT2D eigenvalue weighted by molar-refractivity contribution is -0.122. The van der Waals surface area contributed by atoms with Crippen LogP contribution in [-0.4, -0.2) is 30.7 Å². The van der Waals surface area contributed by atoms with E-state index < -0.39 is 0 Å². The van der Waals surface area contributed by atoms with Gasteiger partial charge in [-0.3, -0.25) is 4.79 Å². The number of benzene rings is 2. The molecule has 6 heteroatoms. The van der Waals surface area contributed by atoms with E-state index in [-0.39, 0.29) is 11.8 Å². The molecular formula is C21H22N4O2. The summed E-state index contributed by atoms with van der Waals surface area (Å²) >= 11 is 0. The van der Waals surface area contributed by atoms with Crippen LogP contribution < -0.4 is 10.3 Å². The molecule has 0 saturated carbocycles. The lowest BCUT2D eigenvalue weighted by Gasteiger charge is -2.21. The second-order valence-electron chi connectivity index (χ2n) is 6.98. The number of carbonyl (C=O) groups is 1. The zero-order valence-corrected chi connectivity index (χ0v) is 15.7. The molecule has 0 radical (unpaired) electrons.